The molecule has 0 aromatic rings. The van der Waals surface area contributed by atoms with Crippen molar-refractivity contribution in [3.8, 4) is 0 Å². The zero-order valence-corrected chi connectivity index (χ0v) is 7.93. The predicted octanol–water partition coefficient (Wildman–Crippen LogP) is 2.45. The molecule has 0 atom stereocenters. The summed E-state index contributed by atoms with van der Waals surface area (Å²) in [6.45, 7) is 0.536. The highest BCUT2D eigenvalue weighted by molar-refractivity contribution is 6.17. The standard InChI is InChI=1S/C9H13ClO2/c1-11-8-4-2-3-5-9(8)12-7-6-10/h4-5H,2-3,6-7H2,1H3. The molecule has 0 fully saturated rings. The largest absolute Gasteiger partial charge is 0.493 e. The second kappa shape index (κ2) is 5.09. The Hall–Kier alpha value is -0.630. The van der Waals surface area contributed by atoms with Crippen molar-refractivity contribution in [2.75, 3.05) is 19.6 Å². The average molecular weight is 189 g/mol. The lowest BCUT2D eigenvalue weighted by atomic mass is 10.1. The van der Waals surface area contributed by atoms with E-state index >= 15 is 0 Å². The summed E-state index contributed by atoms with van der Waals surface area (Å²) in [7, 11) is 1.65. The number of methoxy groups -OCH3 is 1. The molecule has 0 N–H and O–H groups in total. The third-order valence-corrected chi connectivity index (χ3v) is 1.78. The summed E-state index contributed by atoms with van der Waals surface area (Å²) in [6, 6.07) is 0. The van der Waals surface area contributed by atoms with Crippen molar-refractivity contribution < 1.29 is 9.47 Å². The molecule has 3 heteroatoms. The van der Waals surface area contributed by atoms with Gasteiger partial charge in [-0.1, -0.05) is 0 Å². The van der Waals surface area contributed by atoms with Crippen molar-refractivity contribution in [1.29, 1.82) is 0 Å². The first-order valence-electron chi connectivity index (χ1n) is 4.02. The molecule has 1 aliphatic rings. The Morgan fingerprint density at radius 3 is 2.58 bits per heavy atom. The molecular formula is C9H13ClO2. The van der Waals surface area contributed by atoms with Crippen molar-refractivity contribution in [3.63, 3.8) is 0 Å². The fraction of sp³-hybridized carbons (Fsp3) is 0.556. The quantitative estimate of drug-likeness (QED) is 0.631. The molecule has 2 nitrogen and oxygen atoms in total. The number of halogens is 1. The van der Waals surface area contributed by atoms with E-state index in [-0.39, 0.29) is 0 Å². The Labute approximate surface area is 77.8 Å². The van der Waals surface area contributed by atoms with Gasteiger partial charge < -0.3 is 9.47 Å². The van der Waals surface area contributed by atoms with E-state index in [1.165, 1.54) is 0 Å². The van der Waals surface area contributed by atoms with Crippen molar-refractivity contribution in [2.24, 2.45) is 0 Å². The van der Waals surface area contributed by atoms with Crippen LogP contribution in [-0.4, -0.2) is 19.6 Å². The normalized spacial score (nSPS) is 16.5. The summed E-state index contributed by atoms with van der Waals surface area (Å²) in [6.07, 6.45) is 6.11. The number of ether oxygens (including phenoxy) is 2. The van der Waals surface area contributed by atoms with Gasteiger partial charge >= 0.3 is 0 Å². The van der Waals surface area contributed by atoms with E-state index in [0.29, 0.717) is 12.5 Å². The number of allylic oxidation sites excluding steroid dienone is 2. The molecule has 0 bridgehead atoms. The van der Waals surface area contributed by atoms with Gasteiger partial charge in [0.1, 0.15) is 6.61 Å². The molecule has 0 aromatic carbocycles. The summed E-state index contributed by atoms with van der Waals surface area (Å²) < 4.78 is 10.5. The van der Waals surface area contributed by atoms with E-state index in [1.54, 1.807) is 7.11 Å². The lowest BCUT2D eigenvalue weighted by molar-refractivity contribution is 0.184. The van der Waals surface area contributed by atoms with Gasteiger partial charge in [-0.2, -0.15) is 0 Å². The monoisotopic (exact) mass is 188 g/mol. The zero-order chi connectivity index (χ0) is 8.81. The van der Waals surface area contributed by atoms with Gasteiger partial charge in [0, 0.05) is 0 Å². The van der Waals surface area contributed by atoms with Crippen LogP contribution >= 0.6 is 11.6 Å². The lowest BCUT2D eigenvalue weighted by Gasteiger charge is -2.14. The summed E-state index contributed by atoms with van der Waals surface area (Å²) in [5.74, 6) is 2.16. The molecule has 0 spiro atoms. The van der Waals surface area contributed by atoms with E-state index in [2.05, 4.69) is 0 Å². The summed E-state index contributed by atoms with van der Waals surface area (Å²) in [5.41, 5.74) is 0. The molecular weight excluding hydrogens is 176 g/mol. The van der Waals surface area contributed by atoms with Crippen LogP contribution in [0.5, 0.6) is 0 Å². The SMILES string of the molecule is COC1=CCCC=C1OCCCl. The molecule has 0 aliphatic heterocycles. The second-order valence-corrected chi connectivity index (χ2v) is 2.83. The molecule has 0 aromatic heterocycles. The van der Waals surface area contributed by atoms with Crippen LogP contribution < -0.4 is 0 Å². The van der Waals surface area contributed by atoms with E-state index in [4.69, 9.17) is 21.1 Å². The fourth-order valence-corrected chi connectivity index (χ4v) is 1.17. The highest BCUT2D eigenvalue weighted by atomic mass is 35.5. The summed E-state index contributed by atoms with van der Waals surface area (Å²) in [4.78, 5) is 0. The zero-order valence-electron chi connectivity index (χ0n) is 7.18. The first-order chi connectivity index (χ1) is 5.88. The highest BCUT2D eigenvalue weighted by Crippen LogP contribution is 2.19. The first-order valence-corrected chi connectivity index (χ1v) is 4.55. The highest BCUT2D eigenvalue weighted by Gasteiger charge is 2.09. The first kappa shape index (κ1) is 9.46. The van der Waals surface area contributed by atoms with Crippen molar-refractivity contribution >= 4 is 11.6 Å². The number of hydrogen-bond acceptors (Lipinski definition) is 2. The number of alkyl halides is 1. The maximum Gasteiger partial charge on any atom is 0.156 e. The van der Waals surface area contributed by atoms with Crippen LogP contribution in [-0.2, 0) is 9.47 Å². The molecule has 0 amide bonds. The molecule has 1 aliphatic carbocycles. The third kappa shape index (κ3) is 2.45. The van der Waals surface area contributed by atoms with Crippen LogP contribution in [0.25, 0.3) is 0 Å². The Morgan fingerprint density at radius 1 is 1.33 bits per heavy atom. The summed E-state index contributed by atoms with van der Waals surface area (Å²) >= 11 is 5.50. The van der Waals surface area contributed by atoms with E-state index in [9.17, 15) is 0 Å². The van der Waals surface area contributed by atoms with Crippen LogP contribution in [0.15, 0.2) is 23.7 Å². The maximum atomic E-state index is 5.50. The van der Waals surface area contributed by atoms with Gasteiger partial charge in [-0.05, 0) is 25.0 Å². The van der Waals surface area contributed by atoms with Gasteiger partial charge in [0.2, 0.25) is 0 Å². The topological polar surface area (TPSA) is 18.5 Å². The van der Waals surface area contributed by atoms with Crippen LogP contribution in [0.1, 0.15) is 12.8 Å². The molecule has 12 heavy (non-hydrogen) atoms. The van der Waals surface area contributed by atoms with Gasteiger partial charge in [0.15, 0.2) is 11.5 Å². The van der Waals surface area contributed by atoms with Gasteiger partial charge in [-0.25, -0.2) is 0 Å². The molecule has 0 saturated carbocycles. The smallest absolute Gasteiger partial charge is 0.156 e. The Balaban J connectivity index is 2.49. The molecule has 68 valence electrons. The van der Waals surface area contributed by atoms with Gasteiger partial charge in [0.25, 0.3) is 0 Å². The van der Waals surface area contributed by atoms with E-state index < -0.39 is 0 Å². The molecule has 0 heterocycles. The molecule has 0 unspecified atom stereocenters. The van der Waals surface area contributed by atoms with Crippen molar-refractivity contribution in [1.82, 2.24) is 0 Å². The van der Waals surface area contributed by atoms with Crippen molar-refractivity contribution in [3.05, 3.63) is 23.7 Å². The average Bonchev–Trinajstić information content (AvgIpc) is 2.15. The van der Waals surface area contributed by atoms with Crippen LogP contribution in [0.3, 0.4) is 0 Å². The minimum atomic E-state index is 0.508. The van der Waals surface area contributed by atoms with E-state index in [0.717, 1.165) is 24.4 Å². The molecule has 0 radical (unpaired) electrons. The van der Waals surface area contributed by atoms with Crippen molar-refractivity contribution in [2.45, 2.75) is 12.8 Å². The van der Waals surface area contributed by atoms with Crippen LogP contribution in [0.2, 0.25) is 0 Å². The second-order valence-electron chi connectivity index (χ2n) is 2.46. The predicted molar refractivity (Wildman–Crippen MR) is 49.1 cm³/mol. The van der Waals surface area contributed by atoms with Crippen LogP contribution in [0.4, 0.5) is 0 Å². The minimum absolute atomic E-state index is 0.508. The fourth-order valence-electron chi connectivity index (χ4n) is 1.09. The van der Waals surface area contributed by atoms with Gasteiger partial charge in [-0.3, -0.25) is 0 Å². The lowest BCUT2D eigenvalue weighted by Crippen LogP contribution is -2.03. The molecule has 1 rings (SSSR count). The Kier molecular flexibility index (Phi) is 4.01. The van der Waals surface area contributed by atoms with Gasteiger partial charge in [-0.15, -0.1) is 11.6 Å². The third-order valence-electron chi connectivity index (χ3n) is 1.62. The Bertz CT molecular complexity index is 197. The summed E-state index contributed by atoms with van der Waals surface area (Å²) in [5, 5.41) is 0. The van der Waals surface area contributed by atoms with E-state index in [1.807, 2.05) is 12.2 Å². The number of rotatable bonds is 4. The Morgan fingerprint density at radius 2 is 2.00 bits per heavy atom. The van der Waals surface area contributed by atoms with Gasteiger partial charge in [0.05, 0.1) is 13.0 Å². The minimum Gasteiger partial charge on any atom is -0.493 e. The maximum absolute atomic E-state index is 5.50. The van der Waals surface area contributed by atoms with Crippen LogP contribution in [0, 0.1) is 0 Å². The number of hydrogen-bond donors (Lipinski definition) is 0. The molecule has 0 saturated heterocycles.